The largest absolute Gasteiger partial charge is 0.509 e. The van der Waals surface area contributed by atoms with E-state index in [2.05, 4.69) is 11.6 Å². The van der Waals surface area contributed by atoms with Crippen LogP contribution in [-0.4, -0.2) is 63.3 Å². The molecule has 0 bridgehead atoms. The van der Waals surface area contributed by atoms with Gasteiger partial charge in [0.2, 0.25) is 9.70 Å². The quantitative estimate of drug-likeness (QED) is 0.114. The van der Waals surface area contributed by atoms with Crippen LogP contribution in [0.15, 0.2) is 35.2 Å². The number of halogens is 3. The normalized spacial score (nSPS) is 17.5. The second kappa shape index (κ2) is 11.8. The number of ether oxygens (including phenoxy) is 3. The summed E-state index contributed by atoms with van der Waals surface area (Å²) in [5.41, 5.74) is 1.28. The third-order valence-electron chi connectivity index (χ3n) is 4.75. The van der Waals surface area contributed by atoms with Gasteiger partial charge in [-0.25, -0.2) is 14.6 Å². The highest BCUT2D eigenvalue weighted by molar-refractivity contribution is 8.77. The molecule has 2 aromatic rings. The number of carbonyl (C=O) groups is 3. The number of β-lactam (4-membered cyclic amide) rings is 1. The number of amides is 1. The average molecular weight is 600 g/mol. The van der Waals surface area contributed by atoms with Crippen molar-refractivity contribution in [3.8, 4) is 0 Å². The lowest BCUT2D eigenvalue weighted by atomic mass is 10.0. The van der Waals surface area contributed by atoms with Gasteiger partial charge >= 0.3 is 12.1 Å². The summed E-state index contributed by atoms with van der Waals surface area (Å²) < 4.78 is 14.0. The van der Waals surface area contributed by atoms with E-state index in [4.69, 9.17) is 49.0 Å². The molecule has 1 aromatic heterocycles. The Morgan fingerprint density at radius 2 is 2.09 bits per heavy atom. The van der Waals surface area contributed by atoms with Gasteiger partial charge in [-0.15, -0.1) is 11.3 Å². The second-order valence-corrected chi connectivity index (χ2v) is 13.5. The molecule has 0 spiro atoms. The molecule has 0 radical (unpaired) electrons. The van der Waals surface area contributed by atoms with Crippen molar-refractivity contribution in [2.75, 3.05) is 20.3 Å². The topological polar surface area (TPSA) is 95.0 Å². The first-order valence-corrected chi connectivity index (χ1v) is 14.2. The highest BCUT2D eigenvalue weighted by atomic mass is 35.6. The van der Waals surface area contributed by atoms with Crippen LogP contribution in [0, 0.1) is 0 Å². The number of para-hydroxylation sites is 1. The Kier molecular flexibility index (Phi) is 9.50. The summed E-state index contributed by atoms with van der Waals surface area (Å²) in [5.74, 6) is -0.656. The molecule has 14 heteroatoms. The van der Waals surface area contributed by atoms with Gasteiger partial charge in [-0.2, -0.15) is 0 Å². The van der Waals surface area contributed by atoms with Crippen molar-refractivity contribution in [3.05, 3.63) is 35.4 Å². The van der Waals surface area contributed by atoms with Crippen molar-refractivity contribution in [1.82, 2.24) is 9.88 Å². The van der Waals surface area contributed by atoms with Crippen LogP contribution in [0.2, 0.25) is 0 Å². The van der Waals surface area contributed by atoms with Crippen LogP contribution in [0.25, 0.3) is 10.2 Å². The summed E-state index contributed by atoms with van der Waals surface area (Å²) in [7, 11) is 4.10. The number of hydrogen-bond donors (Lipinski definition) is 0. The van der Waals surface area contributed by atoms with Crippen LogP contribution in [0.1, 0.15) is 25.0 Å². The highest BCUT2D eigenvalue weighted by Gasteiger charge is 2.44. The fourth-order valence-corrected chi connectivity index (χ4v) is 6.81. The average Bonchev–Trinajstić information content (AvgIpc) is 3.23. The van der Waals surface area contributed by atoms with Gasteiger partial charge in [0.15, 0.2) is 12.1 Å². The zero-order chi connectivity index (χ0) is 25.9. The van der Waals surface area contributed by atoms with Gasteiger partial charge in [-0.3, -0.25) is 4.79 Å². The number of rotatable bonds is 9. The Balaban J connectivity index is 1.62. The van der Waals surface area contributed by atoms with E-state index in [1.54, 1.807) is 13.8 Å². The third kappa shape index (κ3) is 7.11. The van der Waals surface area contributed by atoms with Crippen molar-refractivity contribution in [2.24, 2.45) is 0 Å². The summed E-state index contributed by atoms with van der Waals surface area (Å²) >= 11 is 18.1. The van der Waals surface area contributed by atoms with Gasteiger partial charge in [0.25, 0.3) is 0 Å². The first-order valence-electron chi connectivity index (χ1n) is 10.1. The Morgan fingerprint density at radius 3 is 2.69 bits per heavy atom. The number of aromatic nitrogens is 1. The molecule has 0 aliphatic carbocycles. The van der Waals surface area contributed by atoms with Gasteiger partial charge in [0.1, 0.15) is 16.9 Å². The maximum absolute atomic E-state index is 12.7. The van der Waals surface area contributed by atoms with Crippen LogP contribution < -0.4 is 0 Å². The summed E-state index contributed by atoms with van der Waals surface area (Å²) in [6, 6.07) is 4.92. The third-order valence-corrected chi connectivity index (χ3v) is 8.97. The highest BCUT2D eigenvalue weighted by Crippen LogP contribution is 2.43. The monoisotopic (exact) mass is 598 g/mol. The van der Waals surface area contributed by atoms with Crippen LogP contribution in [-0.2, 0) is 23.8 Å². The molecular formula is C21H21Cl3N2O6S3. The van der Waals surface area contributed by atoms with E-state index in [0.29, 0.717) is 17.1 Å². The zero-order valence-electron chi connectivity index (χ0n) is 18.8. The van der Waals surface area contributed by atoms with E-state index in [9.17, 15) is 14.4 Å². The molecule has 0 N–H and O–H groups in total. The fourth-order valence-electron chi connectivity index (χ4n) is 3.09. The van der Waals surface area contributed by atoms with E-state index in [1.165, 1.54) is 44.9 Å². The van der Waals surface area contributed by atoms with Gasteiger partial charge in [-0.05, 0) is 31.6 Å². The van der Waals surface area contributed by atoms with Crippen molar-refractivity contribution >= 4 is 96.0 Å². The lowest BCUT2D eigenvalue weighted by Gasteiger charge is -2.41. The number of carbonyl (C=O) groups excluding carboxylic acids is 3. The molecule has 2 heterocycles. The Morgan fingerprint density at radius 1 is 1.37 bits per heavy atom. The fraction of sp³-hybridized carbons (Fsp3) is 0.429. The first kappa shape index (κ1) is 28.2. The minimum Gasteiger partial charge on any atom is -0.467 e. The van der Waals surface area contributed by atoms with E-state index in [0.717, 1.165) is 15.1 Å². The van der Waals surface area contributed by atoms with Crippen molar-refractivity contribution < 1.29 is 28.6 Å². The van der Waals surface area contributed by atoms with Gasteiger partial charge in [0.05, 0.1) is 17.3 Å². The Hall–Kier alpha value is -1.37. The molecule has 1 fully saturated rings. The molecule has 1 aliphatic rings. The minimum absolute atomic E-state index is 0.151. The molecule has 35 heavy (non-hydrogen) atoms. The van der Waals surface area contributed by atoms with E-state index in [1.807, 2.05) is 18.2 Å². The molecule has 1 aliphatic heterocycles. The summed E-state index contributed by atoms with van der Waals surface area (Å²) in [4.78, 5) is 43.5. The number of alkyl halides is 3. The van der Waals surface area contributed by atoms with Gasteiger partial charge < -0.3 is 19.1 Å². The SMILES string of the molecule is C=C(C)C(C(=O)OC)N1C[C@H](SSc2cccc3sc([C@@H](C)OC(=O)OCC(Cl)(Cl)Cl)nc23)C1=O. The number of likely N-dealkylation sites (tertiary alicyclic amines) is 1. The second-order valence-electron chi connectivity index (χ2n) is 7.50. The van der Waals surface area contributed by atoms with E-state index >= 15 is 0 Å². The summed E-state index contributed by atoms with van der Waals surface area (Å²) in [6.07, 6.45) is -1.65. The molecule has 3 rings (SSSR count). The molecule has 0 saturated carbocycles. The Bertz CT molecular complexity index is 1140. The Labute approximate surface area is 229 Å². The summed E-state index contributed by atoms with van der Waals surface area (Å²) in [6.45, 7) is 7.12. The van der Waals surface area contributed by atoms with Crippen molar-refractivity contribution in [1.29, 1.82) is 0 Å². The van der Waals surface area contributed by atoms with E-state index in [-0.39, 0.29) is 11.2 Å². The van der Waals surface area contributed by atoms with Gasteiger partial charge in [-0.1, -0.05) is 69.0 Å². The maximum Gasteiger partial charge on any atom is 0.509 e. The molecule has 8 nitrogen and oxygen atoms in total. The first-order chi connectivity index (χ1) is 16.4. The number of esters is 1. The smallest absolute Gasteiger partial charge is 0.467 e. The van der Waals surface area contributed by atoms with Crippen molar-refractivity contribution in [3.63, 3.8) is 0 Å². The number of nitrogens with zero attached hydrogens (tertiary/aromatic N) is 2. The molecule has 1 unspecified atom stereocenters. The number of thiazole rings is 1. The predicted octanol–water partition coefficient (Wildman–Crippen LogP) is 5.95. The van der Waals surface area contributed by atoms with Crippen LogP contribution in [0.5, 0.6) is 0 Å². The van der Waals surface area contributed by atoms with Gasteiger partial charge in [0, 0.05) is 11.4 Å². The van der Waals surface area contributed by atoms with E-state index < -0.39 is 34.7 Å². The van der Waals surface area contributed by atoms with Crippen molar-refractivity contribution in [2.45, 2.75) is 39.9 Å². The zero-order valence-corrected chi connectivity index (χ0v) is 23.5. The van der Waals surface area contributed by atoms with Crippen LogP contribution in [0.3, 0.4) is 0 Å². The number of methoxy groups -OCH3 is 1. The molecule has 1 amide bonds. The lowest BCUT2D eigenvalue weighted by Crippen LogP contribution is -2.61. The number of hydrogen-bond acceptors (Lipinski definition) is 10. The number of benzene rings is 1. The predicted molar refractivity (Wildman–Crippen MR) is 140 cm³/mol. The molecular weight excluding hydrogens is 579 g/mol. The van der Waals surface area contributed by atoms with Crippen LogP contribution in [0.4, 0.5) is 4.79 Å². The molecule has 1 saturated heterocycles. The molecule has 3 atom stereocenters. The lowest BCUT2D eigenvalue weighted by molar-refractivity contribution is -0.155. The standard InChI is InChI=1S/C21H21Cl3N2O6S3/c1-10(2)16(19(28)30-4)26-8-14(18(26)27)35-34-13-7-5-6-12-15(13)25-17(33-12)11(3)32-20(29)31-9-21(22,23)24/h5-7,11,14,16H,1,8-9H2,2-4H3/t11-,14+,16?/m1/s1. The number of fused-ring (bicyclic) bond motifs is 1. The van der Waals surface area contributed by atoms with Crippen LogP contribution >= 0.6 is 67.7 Å². The molecule has 190 valence electrons. The maximum atomic E-state index is 12.7. The summed E-state index contributed by atoms with van der Waals surface area (Å²) in [5, 5.41) is 0.256. The minimum atomic E-state index is -1.73. The molecule has 1 aromatic carbocycles.